The molecule has 1 fully saturated rings. The van der Waals surface area contributed by atoms with Crippen molar-refractivity contribution in [1.29, 1.82) is 0 Å². The maximum Gasteiger partial charge on any atom is 0.263 e. The molecule has 2 unspecified atom stereocenters. The van der Waals surface area contributed by atoms with Gasteiger partial charge in [0.05, 0.1) is 4.90 Å². The Hall–Kier alpha value is -2.07. The Bertz CT molecular complexity index is 902. The van der Waals surface area contributed by atoms with Crippen LogP contribution < -0.4 is 0 Å². The standard InChI is InChI=1S/C20H21NO2S/c1-16-8-10-18(11-9-16)24(22,23)21-13-12-19(2)14-20(19,15-21)17-6-4-3-5-7-17/h3-13H,14-15H2,1-2H3. The Labute approximate surface area is 143 Å². The third kappa shape index (κ3) is 2.13. The van der Waals surface area contributed by atoms with Gasteiger partial charge in [-0.05, 0) is 36.5 Å². The van der Waals surface area contributed by atoms with Gasteiger partial charge < -0.3 is 0 Å². The maximum atomic E-state index is 13.0. The van der Waals surface area contributed by atoms with Crippen LogP contribution in [-0.4, -0.2) is 19.3 Å². The molecule has 24 heavy (non-hydrogen) atoms. The van der Waals surface area contributed by atoms with Gasteiger partial charge in [-0.2, -0.15) is 0 Å². The summed E-state index contributed by atoms with van der Waals surface area (Å²) in [6.07, 6.45) is 4.80. The Morgan fingerprint density at radius 2 is 1.67 bits per heavy atom. The predicted molar refractivity (Wildman–Crippen MR) is 95.1 cm³/mol. The lowest BCUT2D eigenvalue weighted by Gasteiger charge is -2.33. The van der Waals surface area contributed by atoms with Crippen LogP contribution in [0.4, 0.5) is 0 Å². The van der Waals surface area contributed by atoms with Crippen LogP contribution in [0.5, 0.6) is 0 Å². The Morgan fingerprint density at radius 1 is 1.00 bits per heavy atom. The smallest absolute Gasteiger partial charge is 0.263 e. The predicted octanol–water partition coefficient (Wildman–Crippen LogP) is 3.86. The van der Waals surface area contributed by atoms with E-state index in [1.807, 2.05) is 37.3 Å². The number of hydrogen-bond donors (Lipinski definition) is 0. The highest BCUT2D eigenvalue weighted by Gasteiger charge is 2.66. The summed E-state index contributed by atoms with van der Waals surface area (Å²) in [7, 11) is -3.51. The van der Waals surface area contributed by atoms with Crippen LogP contribution in [0, 0.1) is 12.3 Å². The molecule has 1 saturated carbocycles. The second-order valence-corrected chi connectivity index (χ2v) is 9.11. The first-order valence-corrected chi connectivity index (χ1v) is 9.65. The molecule has 124 valence electrons. The molecule has 4 heteroatoms. The van der Waals surface area contributed by atoms with E-state index in [-0.39, 0.29) is 10.8 Å². The minimum absolute atomic E-state index is 0.0493. The minimum atomic E-state index is -3.51. The lowest BCUT2D eigenvalue weighted by atomic mass is 9.85. The topological polar surface area (TPSA) is 37.4 Å². The molecule has 1 aliphatic carbocycles. The van der Waals surface area contributed by atoms with Gasteiger partial charge in [0.25, 0.3) is 10.0 Å². The zero-order valence-electron chi connectivity index (χ0n) is 13.9. The van der Waals surface area contributed by atoms with Crippen LogP contribution in [-0.2, 0) is 15.4 Å². The number of allylic oxidation sites excluding steroid dienone is 1. The van der Waals surface area contributed by atoms with E-state index in [2.05, 4.69) is 25.1 Å². The number of aryl methyl sites for hydroxylation is 1. The van der Waals surface area contributed by atoms with Crippen LogP contribution in [0.25, 0.3) is 0 Å². The van der Waals surface area contributed by atoms with E-state index in [0.717, 1.165) is 12.0 Å². The van der Waals surface area contributed by atoms with Crippen LogP contribution in [0.2, 0.25) is 0 Å². The molecule has 2 aliphatic rings. The van der Waals surface area contributed by atoms with Crippen LogP contribution in [0.15, 0.2) is 71.8 Å². The number of nitrogens with zero attached hydrogens (tertiary/aromatic N) is 1. The van der Waals surface area contributed by atoms with Crippen molar-refractivity contribution >= 4 is 10.0 Å². The van der Waals surface area contributed by atoms with Gasteiger partial charge in [-0.25, -0.2) is 8.42 Å². The fourth-order valence-corrected chi connectivity index (χ4v) is 5.26. The summed E-state index contributed by atoms with van der Waals surface area (Å²) in [6.45, 7) is 4.67. The number of benzene rings is 2. The number of hydrogen-bond acceptors (Lipinski definition) is 2. The third-order valence-electron chi connectivity index (χ3n) is 5.63. The average Bonchev–Trinajstić information content (AvgIpc) is 3.22. The van der Waals surface area contributed by atoms with Crippen LogP contribution in [0.3, 0.4) is 0 Å². The van der Waals surface area contributed by atoms with Gasteiger partial charge >= 0.3 is 0 Å². The summed E-state index contributed by atoms with van der Waals surface area (Å²) in [4.78, 5) is 0.352. The quantitative estimate of drug-likeness (QED) is 0.851. The molecule has 0 bridgehead atoms. The second-order valence-electron chi connectivity index (χ2n) is 7.22. The van der Waals surface area contributed by atoms with E-state index in [9.17, 15) is 8.42 Å². The van der Waals surface area contributed by atoms with E-state index in [0.29, 0.717) is 11.4 Å². The van der Waals surface area contributed by atoms with Crippen molar-refractivity contribution in [2.24, 2.45) is 5.41 Å². The summed E-state index contributed by atoms with van der Waals surface area (Å²) in [5.74, 6) is 0. The SMILES string of the molecule is Cc1ccc(S(=O)(=O)N2C=CC3(C)CC3(c3ccccc3)C2)cc1. The molecule has 1 heterocycles. The van der Waals surface area contributed by atoms with Gasteiger partial charge in [-0.3, -0.25) is 4.31 Å². The van der Waals surface area contributed by atoms with Gasteiger partial charge in [0.1, 0.15) is 0 Å². The molecule has 0 spiro atoms. The molecular formula is C20H21NO2S. The maximum absolute atomic E-state index is 13.0. The molecule has 0 radical (unpaired) electrons. The second kappa shape index (κ2) is 4.96. The number of fused-ring (bicyclic) bond motifs is 1. The summed E-state index contributed by atoms with van der Waals surface area (Å²) in [6, 6.07) is 17.3. The highest BCUT2D eigenvalue weighted by Crippen LogP contribution is 2.67. The first kappa shape index (κ1) is 15.5. The Balaban J connectivity index is 1.72. The van der Waals surface area contributed by atoms with Crippen molar-refractivity contribution < 1.29 is 8.42 Å². The molecule has 3 nitrogen and oxygen atoms in total. The van der Waals surface area contributed by atoms with E-state index in [4.69, 9.17) is 0 Å². The van der Waals surface area contributed by atoms with Gasteiger partial charge in [0.15, 0.2) is 0 Å². The van der Waals surface area contributed by atoms with Gasteiger partial charge in [0, 0.05) is 18.2 Å². The van der Waals surface area contributed by atoms with Gasteiger partial charge in [-0.15, -0.1) is 0 Å². The van der Waals surface area contributed by atoms with Crippen LogP contribution >= 0.6 is 0 Å². The highest BCUT2D eigenvalue weighted by molar-refractivity contribution is 7.89. The zero-order valence-corrected chi connectivity index (χ0v) is 14.8. The molecule has 2 aromatic rings. The largest absolute Gasteiger partial charge is 0.273 e. The monoisotopic (exact) mass is 339 g/mol. The molecule has 2 atom stereocenters. The van der Waals surface area contributed by atoms with E-state index in [1.165, 1.54) is 9.87 Å². The minimum Gasteiger partial charge on any atom is -0.273 e. The molecular weight excluding hydrogens is 318 g/mol. The third-order valence-corrected chi connectivity index (χ3v) is 7.36. The van der Waals surface area contributed by atoms with Crippen molar-refractivity contribution in [1.82, 2.24) is 4.31 Å². The molecule has 0 N–H and O–H groups in total. The molecule has 0 amide bonds. The van der Waals surface area contributed by atoms with Crippen molar-refractivity contribution in [2.45, 2.75) is 30.6 Å². The Morgan fingerprint density at radius 3 is 2.33 bits per heavy atom. The van der Waals surface area contributed by atoms with E-state index < -0.39 is 10.0 Å². The molecule has 0 aromatic heterocycles. The van der Waals surface area contributed by atoms with Gasteiger partial charge in [0.2, 0.25) is 0 Å². The van der Waals surface area contributed by atoms with Crippen LogP contribution in [0.1, 0.15) is 24.5 Å². The Kier molecular flexibility index (Phi) is 3.20. The summed E-state index contributed by atoms with van der Waals surface area (Å²) in [5.41, 5.74) is 2.22. The van der Waals surface area contributed by atoms with Gasteiger partial charge in [-0.1, -0.05) is 61.0 Å². The lowest BCUT2D eigenvalue weighted by molar-refractivity contribution is 0.392. The fourth-order valence-electron chi connectivity index (χ4n) is 3.90. The molecule has 2 aromatic carbocycles. The summed E-state index contributed by atoms with van der Waals surface area (Å²) >= 11 is 0. The van der Waals surface area contributed by atoms with E-state index >= 15 is 0 Å². The van der Waals surface area contributed by atoms with Crippen molar-refractivity contribution in [3.8, 4) is 0 Å². The normalized spacial score (nSPS) is 28.5. The number of rotatable bonds is 3. The average molecular weight is 339 g/mol. The summed E-state index contributed by atoms with van der Waals surface area (Å²) < 4.78 is 27.5. The number of sulfonamides is 1. The van der Waals surface area contributed by atoms with Crippen molar-refractivity contribution in [3.05, 3.63) is 78.0 Å². The fraction of sp³-hybridized carbons (Fsp3) is 0.300. The first-order chi connectivity index (χ1) is 11.4. The lowest BCUT2D eigenvalue weighted by Crippen LogP contribution is -2.38. The van der Waals surface area contributed by atoms with E-state index in [1.54, 1.807) is 18.3 Å². The van der Waals surface area contributed by atoms with Crippen molar-refractivity contribution in [3.63, 3.8) is 0 Å². The molecule has 4 rings (SSSR count). The zero-order chi connectivity index (χ0) is 17.0. The first-order valence-electron chi connectivity index (χ1n) is 8.21. The summed E-state index contributed by atoms with van der Waals surface area (Å²) in [5, 5.41) is 0. The molecule has 0 saturated heterocycles. The highest BCUT2D eigenvalue weighted by atomic mass is 32.2. The van der Waals surface area contributed by atoms with Crippen molar-refractivity contribution in [2.75, 3.05) is 6.54 Å². The molecule has 1 aliphatic heterocycles.